The molecule has 8 heteroatoms. The summed E-state index contributed by atoms with van der Waals surface area (Å²) in [7, 11) is 1.72. The Morgan fingerprint density at radius 2 is 2.11 bits per heavy atom. The van der Waals surface area contributed by atoms with Gasteiger partial charge in [0.05, 0.1) is 18.6 Å². The Labute approximate surface area is 161 Å². The van der Waals surface area contributed by atoms with Crippen molar-refractivity contribution in [3.8, 4) is 5.75 Å². The average Bonchev–Trinajstić information content (AvgIpc) is 3.32. The van der Waals surface area contributed by atoms with Gasteiger partial charge < -0.3 is 18.5 Å². The van der Waals surface area contributed by atoms with E-state index in [2.05, 4.69) is 10.2 Å². The molecule has 0 aliphatic heterocycles. The lowest BCUT2D eigenvalue weighted by atomic mass is 10.1. The highest BCUT2D eigenvalue weighted by atomic mass is 32.2. The summed E-state index contributed by atoms with van der Waals surface area (Å²) in [6, 6.07) is 9.63. The van der Waals surface area contributed by atoms with Gasteiger partial charge in [0.25, 0.3) is 11.1 Å². The van der Waals surface area contributed by atoms with Gasteiger partial charge in [-0.3, -0.25) is 4.79 Å². The highest BCUT2D eigenvalue weighted by molar-refractivity contribution is 7.99. The number of thioether (sulfide) groups is 1. The topological polar surface area (TPSA) is 81.6 Å². The molecule has 27 heavy (non-hydrogen) atoms. The Bertz CT molecular complexity index is 892. The van der Waals surface area contributed by atoms with E-state index < -0.39 is 0 Å². The van der Waals surface area contributed by atoms with Gasteiger partial charge in [-0.15, -0.1) is 10.2 Å². The number of nitrogens with zero attached hydrogens (tertiary/aromatic N) is 3. The zero-order valence-electron chi connectivity index (χ0n) is 15.5. The van der Waals surface area contributed by atoms with Crippen molar-refractivity contribution in [1.82, 2.24) is 15.1 Å². The average molecular weight is 387 g/mol. The first-order valence-electron chi connectivity index (χ1n) is 8.43. The van der Waals surface area contributed by atoms with Crippen LogP contribution in [-0.2, 0) is 17.9 Å². The number of rotatable bonds is 8. The minimum atomic E-state index is -0.0530. The number of amides is 1. The van der Waals surface area contributed by atoms with E-state index in [1.165, 1.54) is 11.8 Å². The lowest BCUT2D eigenvalue weighted by molar-refractivity contribution is -0.127. The molecule has 1 aromatic carbocycles. The maximum absolute atomic E-state index is 12.2. The number of carbonyl (C=O) groups excluding carboxylic acids is 1. The fourth-order valence-corrected chi connectivity index (χ4v) is 3.04. The molecule has 0 N–H and O–H groups in total. The molecule has 3 aromatic rings. The minimum absolute atomic E-state index is 0.0530. The number of benzene rings is 1. The van der Waals surface area contributed by atoms with Crippen LogP contribution in [-0.4, -0.2) is 33.8 Å². The molecule has 7 nitrogen and oxygen atoms in total. The van der Waals surface area contributed by atoms with E-state index in [4.69, 9.17) is 13.6 Å². The fourth-order valence-electron chi connectivity index (χ4n) is 2.32. The first-order chi connectivity index (χ1) is 13.0. The third-order valence-electron chi connectivity index (χ3n) is 3.86. The lowest BCUT2D eigenvalue weighted by Gasteiger charge is -2.14. The number of hydrogen-bond donors (Lipinski definition) is 0. The van der Waals surface area contributed by atoms with E-state index in [-0.39, 0.29) is 18.3 Å². The van der Waals surface area contributed by atoms with E-state index in [0.29, 0.717) is 17.7 Å². The summed E-state index contributed by atoms with van der Waals surface area (Å²) in [5.41, 5.74) is 2.16. The third-order valence-corrected chi connectivity index (χ3v) is 4.66. The molecule has 0 aliphatic rings. The van der Waals surface area contributed by atoms with Crippen LogP contribution in [0.5, 0.6) is 5.75 Å². The van der Waals surface area contributed by atoms with Gasteiger partial charge in [0.15, 0.2) is 6.61 Å². The van der Waals surface area contributed by atoms with Crippen LogP contribution in [0.4, 0.5) is 0 Å². The molecule has 0 radical (unpaired) electrons. The second kappa shape index (κ2) is 8.77. The summed E-state index contributed by atoms with van der Waals surface area (Å²) in [5.74, 6) is 2.05. The Morgan fingerprint density at radius 1 is 1.26 bits per heavy atom. The number of hydrogen-bond acceptors (Lipinski definition) is 7. The SMILES string of the molecule is Cc1ccc(C)c(OCc2nnc(SCC(=O)N(C)Cc3ccco3)o2)c1. The maximum atomic E-state index is 12.2. The summed E-state index contributed by atoms with van der Waals surface area (Å²) in [4.78, 5) is 13.8. The van der Waals surface area contributed by atoms with Gasteiger partial charge in [-0.05, 0) is 43.2 Å². The largest absolute Gasteiger partial charge is 0.484 e. The van der Waals surface area contributed by atoms with E-state index in [1.807, 2.05) is 38.1 Å². The van der Waals surface area contributed by atoms with Crippen molar-refractivity contribution >= 4 is 17.7 Å². The zero-order chi connectivity index (χ0) is 19.2. The molecular weight excluding hydrogens is 366 g/mol. The Morgan fingerprint density at radius 3 is 2.89 bits per heavy atom. The van der Waals surface area contributed by atoms with Crippen molar-refractivity contribution in [1.29, 1.82) is 0 Å². The molecule has 142 valence electrons. The summed E-state index contributed by atoms with van der Waals surface area (Å²) < 4.78 is 16.5. The number of carbonyl (C=O) groups is 1. The van der Waals surface area contributed by atoms with Gasteiger partial charge in [-0.2, -0.15) is 0 Å². The zero-order valence-corrected chi connectivity index (χ0v) is 16.3. The van der Waals surface area contributed by atoms with Gasteiger partial charge in [0.2, 0.25) is 5.91 Å². The molecule has 0 saturated carbocycles. The lowest BCUT2D eigenvalue weighted by Crippen LogP contribution is -2.27. The Balaban J connectivity index is 1.47. The van der Waals surface area contributed by atoms with Crippen molar-refractivity contribution in [3.05, 3.63) is 59.4 Å². The molecule has 0 saturated heterocycles. The Hall–Kier alpha value is -2.74. The van der Waals surface area contributed by atoms with Gasteiger partial charge in [-0.25, -0.2) is 0 Å². The van der Waals surface area contributed by atoms with E-state index in [9.17, 15) is 4.79 Å². The summed E-state index contributed by atoms with van der Waals surface area (Å²) in [6.07, 6.45) is 1.59. The molecule has 2 aromatic heterocycles. The Kier molecular flexibility index (Phi) is 6.18. The van der Waals surface area contributed by atoms with Crippen LogP contribution in [0.1, 0.15) is 22.8 Å². The van der Waals surface area contributed by atoms with Crippen LogP contribution in [0, 0.1) is 13.8 Å². The molecule has 1 amide bonds. The molecule has 0 atom stereocenters. The molecule has 0 fully saturated rings. The van der Waals surface area contributed by atoms with Crippen LogP contribution < -0.4 is 4.74 Å². The maximum Gasteiger partial charge on any atom is 0.277 e. The smallest absolute Gasteiger partial charge is 0.277 e. The first kappa shape index (κ1) is 19.0. The van der Waals surface area contributed by atoms with E-state index in [1.54, 1.807) is 24.3 Å². The minimum Gasteiger partial charge on any atom is -0.484 e. The molecule has 3 rings (SSSR count). The highest BCUT2D eigenvalue weighted by Gasteiger charge is 2.14. The third kappa shape index (κ3) is 5.37. The van der Waals surface area contributed by atoms with Gasteiger partial charge in [0, 0.05) is 7.05 Å². The number of furan rings is 1. The molecule has 0 spiro atoms. The summed E-state index contributed by atoms with van der Waals surface area (Å²) in [6.45, 7) is 4.59. The van der Waals surface area contributed by atoms with Crippen LogP contribution >= 0.6 is 11.8 Å². The quantitative estimate of drug-likeness (QED) is 0.546. The molecule has 0 unspecified atom stereocenters. The predicted molar refractivity (Wildman–Crippen MR) is 100 cm³/mol. The molecule has 2 heterocycles. The standard InChI is InChI=1S/C19H21N3O4S/c1-13-6-7-14(2)16(9-13)25-11-17-20-21-19(26-17)27-12-18(23)22(3)10-15-5-4-8-24-15/h4-9H,10-12H2,1-3H3. The highest BCUT2D eigenvalue weighted by Crippen LogP contribution is 2.21. The van der Waals surface area contributed by atoms with Gasteiger partial charge in [-0.1, -0.05) is 23.9 Å². The number of ether oxygens (including phenoxy) is 1. The normalized spacial score (nSPS) is 10.8. The van der Waals surface area contributed by atoms with Crippen LogP contribution in [0.15, 0.2) is 50.7 Å². The van der Waals surface area contributed by atoms with Crippen LogP contribution in [0.25, 0.3) is 0 Å². The summed E-state index contributed by atoms with van der Waals surface area (Å²) >= 11 is 1.20. The predicted octanol–water partition coefficient (Wildman–Crippen LogP) is 3.61. The van der Waals surface area contributed by atoms with Gasteiger partial charge in [0.1, 0.15) is 11.5 Å². The van der Waals surface area contributed by atoms with Crippen molar-refractivity contribution < 1.29 is 18.4 Å². The van der Waals surface area contributed by atoms with Gasteiger partial charge >= 0.3 is 0 Å². The fraction of sp³-hybridized carbons (Fsp3) is 0.316. The monoisotopic (exact) mass is 387 g/mol. The van der Waals surface area contributed by atoms with Crippen molar-refractivity contribution in [2.24, 2.45) is 0 Å². The van der Waals surface area contributed by atoms with E-state index >= 15 is 0 Å². The number of aromatic nitrogens is 2. The second-order valence-electron chi connectivity index (χ2n) is 6.14. The molecular formula is C19H21N3O4S. The molecule has 0 bridgehead atoms. The number of aryl methyl sites for hydroxylation is 2. The van der Waals surface area contributed by atoms with Crippen LogP contribution in [0.3, 0.4) is 0 Å². The van der Waals surface area contributed by atoms with Crippen molar-refractivity contribution in [2.45, 2.75) is 32.2 Å². The summed E-state index contributed by atoms with van der Waals surface area (Å²) in [5, 5.41) is 8.26. The van der Waals surface area contributed by atoms with Crippen molar-refractivity contribution in [2.75, 3.05) is 12.8 Å². The molecule has 0 aliphatic carbocycles. The van der Waals surface area contributed by atoms with Crippen LogP contribution in [0.2, 0.25) is 0 Å². The first-order valence-corrected chi connectivity index (χ1v) is 9.41. The second-order valence-corrected chi connectivity index (χ2v) is 7.06. The van der Waals surface area contributed by atoms with E-state index in [0.717, 1.165) is 22.6 Å². The van der Waals surface area contributed by atoms with Crippen molar-refractivity contribution in [3.63, 3.8) is 0 Å².